The number of nitrogens with one attached hydrogen (secondary N) is 1. The highest BCUT2D eigenvalue weighted by molar-refractivity contribution is 7.99. The van der Waals surface area contributed by atoms with Crippen LogP contribution < -0.4 is 5.32 Å². The van der Waals surface area contributed by atoms with Crippen molar-refractivity contribution in [3.63, 3.8) is 0 Å². The summed E-state index contributed by atoms with van der Waals surface area (Å²) in [5.74, 6) is 0. The van der Waals surface area contributed by atoms with Crippen LogP contribution in [0.5, 0.6) is 0 Å². The summed E-state index contributed by atoms with van der Waals surface area (Å²) in [6, 6.07) is 2.93. The average molecular weight is 275 g/mol. The van der Waals surface area contributed by atoms with Gasteiger partial charge >= 0.3 is 0 Å². The quantitative estimate of drug-likeness (QED) is 0.903. The molecule has 0 spiro atoms. The summed E-state index contributed by atoms with van der Waals surface area (Å²) < 4.78 is 1.76. The van der Waals surface area contributed by atoms with Gasteiger partial charge in [0.1, 0.15) is 11.4 Å². The van der Waals surface area contributed by atoms with Crippen molar-refractivity contribution >= 4 is 11.8 Å². The van der Waals surface area contributed by atoms with Gasteiger partial charge in [-0.05, 0) is 42.7 Å². The van der Waals surface area contributed by atoms with E-state index in [-0.39, 0.29) is 0 Å². The molecule has 1 saturated carbocycles. The lowest BCUT2D eigenvalue weighted by molar-refractivity contribution is 0.681. The normalized spacial score (nSPS) is 14.8. The molecule has 0 saturated heterocycles. The summed E-state index contributed by atoms with van der Waals surface area (Å²) in [5, 5.41) is 9.42. The smallest absolute Gasteiger partial charge is 0.192 e. The number of hydrogen-bond acceptors (Lipinski definition) is 5. The Morgan fingerprint density at radius 1 is 1.42 bits per heavy atom. The molecule has 0 radical (unpaired) electrons. The Bertz CT molecular complexity index is 576. The second-order valence-corrected chi connectivity index (χ2v) is 5.85. The molecule has 2 aromatic rings. The van der Waals surface area contributed by atoms with Gasteiger partial charge in [0.15, 0.2) is 5.16 Å². The Kier molecular flexibility index (Phi) is 3.52. The van der Waals surface area contributed by atoms with Crippen LogP contribution in [-0.2, 0) is 13.6 Å². The Balaban J connectivity index is 1.70. The first-order valence-corrected chi connectivity index (χ1v) is 7.25. The minimum Gasteiger partial charge on any atom is -0.310 e. The highest BCUT2D eigenvalue weighted by Gasteiger charge is 2.20. The van der Waals surface area contributed by atoms with Crippen molar-refractivity contribution in [2.75, 3.05) is 0 Å². The Morgan fingerprint density at radius 2 is 2.26 bits per heavy atom. The largest absolute Gasteiger partial charge is 0.310 e. The van der Waals surface area contributed by atoms with Gasteiger partial charge in [-0.25, -0.2) is 14.6 Å². The first kappa shape index (κ1) is 12.6. The lowest BCUT2D eigenvalue weighted by Gasteiger charge is -2.07. The van der Waals surface area contributed by atoms with Crippen LogP contribution in [0, 0.1) is 6.92 Å². The fourth-order valence-corrected chi connectivity index (χ4v) is 2.62. The van der Waals surface area contributed by atoms with E-state index < -0.39 is 0 Å². The van der Waals surface area contributed by atoms with Crippen molar-refractivity contribution in [1.82, 2.24) is 25.1 Å². The third-order valence-corrected chi connectivity index (χ3v) is 4.29. The monoisotopic (exact) mass is 275 g/mol. The molecule has 2 aromatic heterocycles. The molecule has 19 heavy (non-hydrogen) atoms. The zero-order valence-corrected chi connectivity index (χ0v) is 11.9. The van der Waals surface area contributed by atoms with Gasteiger partial charge in [0.05, 0.1) is 0 Å². The zero-order valence-electron chi connectivity index (χ0n) is 11.1. The lowest BCUT2D eigenvalue weighted by atomic mass is 10.2. The second kappa shape index (κ2) is 5.30. The summed E-state index contributed by atoms with van der Waals surface area (Å²) in [4.78, 5) is 8.74. The van der Waals surface area contributed by atoms with Crippen LogP contribution in [0.4, 0.5) is 0 Å². The Hall–Kier alpha value is -1.40. The van der Waals surface area contributed by atoms with E-state index in [9.17, 15) is 0 Å². The molecule has 2 heterocycles. The zero-order chi connectivity index (χ0) is 13.2. The minimum atomic E-state index is 0.730. The van der Waals surface area contributed by atoms with Crippen LogP contribution in [-0.4, -0.2) is 25.8 Å². The molecule has 0 aliphatic heterocycles. The van der Waals surface area contributed by atoms with Crippen molar-refractivity contribution < 1.29 is 0 Å². The molecule has 0 amide bonds. The van der Waals surface area contributed by atoms with Crippen molar-refractivity contribution in [3.05, 3.63) is 29.7 Å². The molecule has 0 atom stereocenters. The first-order chi connectivity index (χ1) is 9.22. The first-order valence-electron chi connectivity index (χ1n) is 6.43. The number of aryl methyl sites for hydroxylation is 2. The Morgan fingerprint density at radius 3 is 2.89 bits per heavy atom. The molecule has 1 aliphatic rings. The van der Waals surface area contributed by atoms with Crippen LogP contribution in [0.2, 0.25) is 0 Å². The average Bonchev–Trinajstić information content (AvgIpc) is 3.14. The molecule has 1 fully saturated rings. The van der Waals surface area contributed by atoms with E-state index in [0.29, 0.717) is 0 Å². The molecule has 5 nitrogen and oxygen atoms in total. The van der Waals surface area contributed by atoms with Crippen LogP contribution in [0.25, 0.3) is 0 Å². The molecule has 1 N–H and O–H groups in total. The maximum Gasteiger partial charge on any atom is 0.192 e. The highest BCUT2D eigenvalue weighted by Crippen LogP contribution is 2.26. The third-order valence-electron chi connectivity index (χ3n) is 3.12. The number of rotatable bonds is 5. The van der Waals surface area contributed by atoms with Gasteiger partial charge in [0.2, 0.25) is 0 Å². The predicted octanol–water partition coefficient (Wildman–Crippen LogP) is 1.92. The van der Waals surface area contributed by atoms with Gasteiger partial charge in [-0.15, -0.1) is 0 Å². The lowest BCUT2D eigenvalue weighted by Crippen LogP contribution is -2.15. The Labute approximate surface area is 116 Å². The van der Waals surface area contributed by atoms with E-state index in [1.807, 2.05) is 13.2 Å². The van der Waals surface area contributed by atoms with E-state index in [1.165, 1.54) is 24.0 Å². The molecular weight excluding hydrogens is 258 g/mol. The molecule has 0 bridgehead atoms. The van der Waals surface area contributed by atoms with E-state index in [4.69, 9.17) is 0 Å². The number of hydrogen-bond donors (Lipinski definition) is 1. The van der Waals surface area contributed by atoms with Gasteiger partial charge in [-0.2, -0.15) is 5.10 Å². The summed E-state index contributed by atoms with van der Waals surface area (Å²) in [6.07, 6.45) is 6.13. The molecule has 0 unspecified atom stereocenters. The SMILES string of the molecule is Cc1cc(CNC2CC2)cnc1Sc1ncnn1C. The van der Waals surface area contributed by atoms with Crippen LogP contribution in [0.3, 0.4) is 0 Å². The predicted molar refractivity (Wildman–Crippen MR) is 74.0 cm³/mol. The molecule has 100 valence electrons. The summed E-state index contributed by atoms with van der Waals surface area (Å²) >= 11 is 1.55. The van der Waals surface area contributed by atoms with Crippen LogP contribution in [0.15, 0.2) is 28.8 Å². The second-order valence-electron chi connectivity index (χ2n) is 4.89. The van der Waals surface area contributed by atoms with Crippen molar-refractivity contribution in [3.8, 4) is 0 Å². The van der Waals surface area contributed by atoms with Crippen molar-refractivity contribution in [2.45, 2.75) is 42.5 Å². The highest BCUT2D eigenvalue weighted by atomic mass is 32.2. The fraction of sp³-hybridized carbons (Fsp3) is 0.462. The van der Waals surface area contributed by atoms with Crippen molar-refractivity contribution in [2.24, 2.45) is 7.05 Å². The standard InChI is InChI=1S/C13H17N5S/c1-9-5-10(6-14-11-3-4-11)7-15-12(9)19-13-16-8-17-18(13)2/h5,7-8,11,14H,3-4,6H2,1-2H3. The van der Waals surface area contributed by atoms with E-state index in [2.05, 4.69) is 33.4 Å². The molecule has 0 aromatic carbocycles. The summed E-state index contributed by atoms with van der Waals surface area (Å²) in [6.45, 7) is 3.00. The topological polar surface area (TPSA) is 55.6 Å². The number of aromatic nitrogens is 4. The summed E-state index contributed by atoms with van der Waals surface area (Å²) in [5.41, 5.74) is 2.43. The van der Waals surface area contributed by atoms with Gasteiger partial charge in [0.25, 0.3) is 0 Å². The van der Waals surface area contributed by atoms with Gasteiger partial charge in [0, 0.05) is 25.8 Å². The molecule has 6 heteroatoms. The van der Waals surface area contributed by atoms with E-state index in [0.717, 1.165) is 22.8 Å². The van der Waals surface area contributed by atoms with Crippen LogP contribution in [0.1, 0.15) is 24.0 Å². The fourth-order valence-electron chi connectivity index (χ4n) is 1.84. The van der Waals surface area contributed by atoms with Gasteiger partial charge in [-0.1, -0.05) is 6.07 Å². The maximum absolute atomic E-state index is 4.53. The van der Waals surface area contributed by atoms with E-state index >= 15 is 0 Å². The number of pyridine rings is 1. The molecule has 3 rings (SSSR count). The number of nitrogens with zero attached hydrogens (tertiary/aromatic N) is 4. The minimum absolute atomic E-state index is 0.730. The maximum atomic E-state index is 4.53. The molecular formula is C13H17N5S. The molecule has 1 aliphatic carbocycles. The van der Waals surface area contributed by atoms with Crippen molar-refractivity contribution in [1.29, 1.82) is 0 Å². The third kappa shape index (κ3) is 3.13. The summed E-state index contributed by atoms with van der Waals surface area (Å²) in [7, 11) is 1.89. The van der Waals surface area contributed by atoms with E-state index in [1.54, 1.807) is 22.8 Å². The van der Waals surface area contributed by atoms with Gasteiger partial charge < -0.3 is 5.32 Å². The van der Waals surface area contributed by atoms with Crippen LogP contribution >= 0.6 is 11.8 Å². The van der Waals surface area contributed by atoms with Gasteiger partial charge in [-0.3, -0.25) is 0 Å².